The molecule has 4 rings (SSSR count). The summed E-state index contributed by atoms with van der Waals surface area (Å²) in [6.07, 6.45) is 3.32. The number of benzene rings is 2. The molecule has 2 heterocycles. The molecule has 0 amide bonds. The number of ketones is 1. The Bertz CT molecular complexity index is 1000. The van der Waals surface area contributed by atoms with Crippen molar-refractivity contribution in [2.75, 3.05) is 25.1 Å². The normalized spacial score (nSPS) is 13.9. The third-order valence-corrected chi connectivity index (χ3v) is 5.39. The Morgan fingerprint density at radius 1 is 0.966 bits per heavy atom. The zero-order valence-electron chi connectivity index (χ0n) is 16.3. The maximum absolute atomic E-state index is 13.3. The first-order chi connectivity index (χ1) is 14.2. The number of piperidine rings is 1. The van der Waals surface area contributed by atoms with Gasteiger partial charge in [-0.2, -0.15) is 0 Å². The molecule has 6 heteroatoms. The summed E-state index contributed by atoms with van der Waals surface area (Å²) in [5.41, 5.74) is 1.77. The van der Waals surface area contributed by atoms with E-state index in [2.05, 4.69) is 9.88 Å². The smallest absolute Gasteiger partial charge is 0.199 e. The van der Waals surface area contributed by atoms with Crippen molar-refractivity contribution in [3.05, 3.63) is 70.9 Å². The second-order valence-electron chi connectivity index (χ2n) is 7.01. The summed E-state index contributed by atoms with van der Waals surface area (Å²) in [6.45, 7) is 1.70. The van der Waals surface area contributed by atoms with E-state index in [0.29, 0.717) is 22.8 Å². The molecule has 0 N–H and O–H groups in total. The Labute approximate surface area is 175 Å². The number of anilines is 1. The van der Waals surface area contributed by atoms with Gasteiger partial charge < -0.3 is 9.64 Å². The van der Waals surface area contributed by atoms with Gasteiger partial charge in [-0.05, 0) is 43.5 Å². The van der Waals surface area contributed by atoms with Crippen molar-refractivity contribution >= 4 is 23.2 Å². The summed E-state index contributed by atoms with van der Waals surface area (Å²) in [5.74, 6) is 1.72. The summed E-state index contributed by atoms with van der Waals surface area (Å²) < 4.78 is 5.23. The van der Waals surface area contributed by atoms with Gasteiger partial charge in [0.25, 0.3) is 0 Å². The minimum atomic E-state index is -0.155. The van der Waals surface area contributed by atoms with Crippen molar-refractivity contribution in [3.63, 3.8) is 0 Å². The summed E-state index contributed by atoms with van der Waals surface area (Å²) in [7, 11) is 1.63. The number of nitrogens with zero attached hydrogens (tertiary/aromatic N) is 3. The molecule has 0 spiro atoms. The lowest BCUT2D eigenvalue weighted by molar-refractivity contribution is 0.103. The number of ether oxygens (including phenoxy) is 1. The Kier molecular flexibility index (Phi) is 5.76. The predicted molar refractivity (Wildman–Crippen MR) is 115 cm³/mol. The SMILES string of the molecule is COc1ccc(-c2nc(Cl)c(C(=O)c3ccccc3)c(N3CCCCC3)n2)cc1. The lowest BCUT2D eigenvalue weighted by Crippen LogP contribution is -2.32. The van der Waals surface area contributed by atoms with Gasteiger partial charge >= 0.3 is 0 Å². The lowest BCUT2D eigenvalue weighted by Gasteiger charge is -2.29. The van der Waals surface area contributed by atoms with Crippen LogP contribution in [-0.4, -0.2) is 36.0 Å². The molecule has 148 valence electrons. The molecule has 0 atom stereocenters. The van der Waals surface area contributed by atoms with Crippen molar-refractivity contribution in [2.45, 2.75) is 19.3 Å². The maximum atomic E-state index is 13.3. The predicted octanol–water partition coefficient (Wildman–Crippen LogP) is 5.03. The van der Waals surface area contributed by atoms with E-state index >= 15 is 0 Å². The van der Waals surface area contributed by atoms with Crippen LogP contribution in [-0.2, 0) is 0 Å². The van der Waals surface area contributed by atoms with Crippen LogP contribution in [0.3, 0.4) is 0 Å². The van der Waals surface area contributed by atoms with E-state index in [4.69, 9.17) is 21.3 Å². The van der Waals surface area contributed by atoms with Gasteiger partial charge in [-0.25, -0.2) is 9.97 Å². The van der Waals surface area contributed by atoms with Gasteiger partial charge in [-0.1, -0.05) is 41.9 Å². The molecule has 1 fully saturated rings. The third-order valence-electron chi connectivity index (χ3n) is 5.11. The fraction of sp³-hybridized carbons (Fsp3) is 0.261. The highest BCUT2D eigenvalue weighted by Gasteiger charge is 2.26. The van der Waals surface area contributed by atoms with E-state index in [1.807, 2.05) is 42.5 Å². The summed E-state index contributed by atoms with van der Waals surface area (Å²) in [6, 6.07) is 16.6. The second-order valence-corrected chi connectivity index (χ2v) is 7.37. The van der Waals surface area contributed by atoms with Gasteiger partial charge in [0, 0.05) is 24.2 Å². The van der Waals surface area contributed by atoms with Gasteiger partial charge in [-0.3, -0.25) is 4.79 Å². The third kappa shape index (κ3) is 4.10. The van der Waals surface area contributed by atoms with Crippen molar-refractivity contribution in [1.82, 2.24) is 9.97 Å². The Balaban J connectivity index is 1.82. The minimum Gasteiger partial charge on any atom is -0.497 e. The fourth-order valence-electron chi connectivity index (χ4n) is 3.56. The first-order valence-electron chi connectivity index (χ1n) is 9.74. The molecule has 2 aromatic carbocycles. The van der Waals surface area contributed by atoms with Gasteiger partial charge in [0.2, 0.25) is 0 Å². The molecule has 0 saturated carbocycles. The van der Waals surface area contributed by atoms with Crippen LogP contribution in [0.25, 0.3) is 11.4 Å². The number of rotatable bonds is 5. The molecular weight excluding hydrogens is 386 g/mol. The Hall–Kier alpha value is -2.92. The monoisotopic (exact) mass is 407 g/mol. The van der Waals surface area contributed by atoms with E-state index in [0.717, 1.165) is 37.2 Å². The molecule has 0 aliphatic carbocycles. The first-order valence-corrected chi connectivity index (χ1v) is 10.1. The molecule has 0 bridgehead atoms. The van der Waals surface area contributed by atoms with Crippen LogP contribution < -0.4 is 9.64 Å². The molecule has 1 saturated heterocycles. The average Bonchev–Trinajstić information content (AvgIpc) is 2.79. The highest BCUT2D eigenvalue weighted by molar-refractivity contribution is 6.34. The summed E-state index contributed by atoms with van der Waals surface area (Å²) >= 11 is 6.58. The van der Waals surface area contributed by atoms with E-state index in [1.165, 1.54) is 6.42 Å². The first kappa shape index (κ1) is 19.4. The summed E-state index contributed by atoms with van der Waals surface area (Å²) in [5, 5.41) is 0.181. The van der Waals surface area contributed by atoms with Crippen LogP contribution in [0.1, 0.15) is 35.2 Å². The Morgan fingerprint density at radius 2 is 1.66 bits per heavy atom. The van der Waals surface area contributed by atoms with Crippen molar-refractivity contribution in [1.29, 1.82) is 0 Å². The number of hydrogen-bond acceptors (Lipinski definition) is 5. The molecule has 5 nitrogen and oxygen atoms in total. The van der Waals surface area contributed by atoms with Gasteiger partial charge in [0.15, 0.2) is 11.6 Å². The topological polar surface area (TPSA) is 55.3 Å². The number of hydrogen-bond donors (Lipinski definition) is 0. The van der Waals surface area contributed by atoms with Crippen molar-refractivity contribution in [3.8, 4) is 17.1 Å². The number of carbonyl (C=O) groups is 1. The van der Waals surface area contributed by atoms with Gasteiger partial charge in [0.1, 0.15) is 22.3 Å². The zero-order valence-corrected chi connectivity index (χ0v) is 17.0. The van der Waals surface area contributed by atoms with E-state index in [-0.39, 0.29) is 10.9 Å². The largest absolute Gasteiger partial charge is 0.497 e. The van der Waals surface area contributed by atoms with Crippen LogP contribution in [0.15, 0.2) is 54.6 Å². The number of halogens is 1. The van der Waals surface area contributed by atoms with E-state index in [9.17, 15) is 4.79 Å². The molecule has 3 aromatic rings. The molecule has 1 aromatic heterocycles. The standard InChI is InChI=1S/C23H22ClN3O2/c1-29-18-12-10-17(11-13-18)22-25-21(24)19(20(28)16-8-4-2-5-9-16)23(26-22)27-14-6-3-7-15-27/h2,4-5,8-13H,3,6-7,14-15H2,1H3. The maximum Gasteiger partial charge on any atom is 0.199 e. The van der Waals surface area contributed by atoms with Crippen LogP contribution in [0.5, 0.6) is 5.75 Å². The lowest BCUT2D eigenvalue weighted by atomic mass is 10.0. The quantitative estimate of drug-likeness (QED) is 0.438. The molecule has 1 aliphatic rings. The Morgan fingerprint density at radius 3 is 2.31 bits per heavy atom. The number of methoxy groups -OCH3 is 1. The zero-order chi connectivity index (χ0) is 20.2. The van der Waals surface area contributed by atoms with Gasteiger partial charge in [-0.15, -0.1) is 0 Å². The minimum absolute atomic E-state index is 0.155. The highest BCUT2D eigenvalue weighted by atomic mass is 35.5. The second kappa shape index (κ2) is 8.62. The summed E-state index contributed by atoms with van der Waals surface area (Å²) in [4.78, 5) is 24.7. The molecule has 0 radical (unpaired) electrons. The van der Waals surface area contributed by atoms with Crippen LogP contribution in [0.2, 0.25) is 5.15 Å². The van der Waals surface area contributed by atoms with Crippen LogP contribution >= 0.6 is 11.6 Å². The molecule has 1 aliphatic heterocycles. The van der Waals surface area contributed by atoms with Crippen molar-refractivity contribution in [2.24, 2.45) is 0 Å². The van der Waals surface area contributed by atoms with Crippen molar-refractivity contribution < 1.29 is 9.53 Å². The number of aromatic nitrogens is 2. The molecule has 0 unspecified atom stereocenters. The average molecular weight is 408 g/mol. The van der Waals surface area contributed by atoms with E-state index in [1.54, 1.807) is 19.2 Å². The number of carbonyl (C=O) groups excluding carboxylic acids is 1. The molecular formula is C23H22ClN3O2. The molecule has 29 heavy (non-hydrogen) atoms. The highest BCUT2D eigenvalue weighted by Crippen LogP contribution is 2.32. The van der Waals surface area contributed by atoms with E-state index < -0.39 is 0 Å². The fourth-order valence-corrected chi connectivity index (χ4v) is 3.81. The van der Waals surface area contributed by atoms with Gasteiger partial charge in [0.05, 0.1) is 7.11 Å². The van der Waals surface area contributed by atoms with Crippen LogP contribution in [0.4, 0.5) is 5.82 Å². The van der Waals surface area contributed by atoms with Crippen LogP contribution in [0, 0.1) is 0 Å².